The third kappa shape index (κ3) is 5.78. The molecule has 0 aliphatic heterocycles. The van der Waals surface area contributed by atoms with Crippen molar-refractivity contribution < 1.29 is 17.9 Å². The number of carbonyl (C=O) groups is 1. The molecule has 164 valence electrons. The topological polar surface area (TPSA) is 114 Å². The molecule has 0 unspecified atom stereocenters. The lowest BCUT2D eigenvalue weighted by Crippen LogP contribution is -2.31. The average Bonchev–Trinajstić information content (AvgIpc) is 3.16. The van der Waals surface area contributed by atoms with Gasteiger partial charge in [0.05, 0.1) is 24.5 Å². The van der Waals surface area contributed by atoms with E-state index < -0.39 is 16.1 Å². The van der Waals surface area contributed by atoms with Gasteiger partial charge in [-0.1, -0.05) is 17.4 Å². The summed E-state index contributed by atoms with van der Waals surface area (Å²) in [5.74, 6) is 0.706. The highest BCUT2D eigenvalue weighted by Crippen LogP contribution is 2.29. The van der Waals surface area contributed by atoms with E-state index in [4.69, 9.17) is 4.74 Å². The first-order valence-corrected chi connectivity index (χ1v) is 11.7. The van der Waals surface area contributed by atoms with Gasteiger partial charge < -0.3 is 10.1 Å². The third-order valence-corrected chi connectivity index (χ3v) is 7.41. The minimum atomic E-state index is -3.80. The number of anilines is 2. The number of nitrogens with zero attached hydrogens (tertiary/aromatic N) is 3. The minimum Gasteiger partial charge on any atom is -0.494 e. The minimum absolute atomic E-state index is 0.0548. The first kappa shape index (κ1) is 22.7. The van der Waals surface area contributed by atoms with Crippen molar-refractivity contribution in [3.05, 3.63) is 60.0 Å². The van der Waals surface area contributed by atoms with Gasteiger partial charge in [0, 0.05) is 18.9 Å². The van der Waals surface area contributed by atoms with Gasteiger partial charge >= 0.3 is 6.03 Å². The number of carbonyl (C=O) groups excluding carboxylic acids is 1. The number of nitrogens with one attached hydrogen (secondary N) is 2. The SMILES string of the molecule is CCOc1ccc(NC(=O)N(C)c2nc(C)c(S(=O)(=O)NCc3ccccn3)s2)cc1. The fourth-order valence-electron chi connectivity index (χ4n) is 2.59. The van der Waals surface area contributed by atoms with Gasteiger partial charge in [0.2, 0.25) is 0 Å². The van der Waals surface area contributed by atoms with Gasteiger partial charge in [-0.2, -0.15) is 0 Å². The highest BCUT2D eigenvalue weighted by molar-refractivity contribution is 7.91. The Hall–Kier alpha value is -3.02. The molecule has 0 aliphatic rings. The van der Waals surface area contributed by atoms with Crippen LogP contribution in [0.3, 0.4) is 0 Å². The van der Waals surface area contributed by atoms with E-state index in [1.54, 1.807) is 55.6 Å². The summed E-state index contributed by atoms with van der Waals surface area (Å²) in [7, 11) is -2.28. The molecule has 0 saturated carbocycles. The van der Waals surface area contributed by atoms with Crippen LogP contribution in [-0.2, 0) is 16.6 Å². The van der Waals surface area contributed by atoms with Gasteiger partial charge in [0.15, 0.2) is 9.34 Å². The molecule has 0 radical (unpaired) electrons. The van der Waals surface area contributed by atoms with E-state index in [1.165, 1.54) is 11.9 Å². The summed E-state index contributed by atoms with van der Waals surface area (Å²) in [5.41, 5.74) is 1.49. The monoisotopic (exact) mass is 461 g/mol. The summed E-state index contributed by atoms with van der Waals surface area (Å²) in [5, 5.41) is 3.01. The summed E-state index contributed by atoms with van der Waals surface area (Å²) in [6, 6.07) is 11.8. The van der Waals surface area contributed by atoms with E-state index in [0.717, 1.165) is 11.3 Å². The number of benzene rings is 1. The van der Waals surface area contributed by atoms with Crippen molar-refractivity contribution in [2.24, 2.45) is 0 Å². The number of thiazole rings is 1. The van der Waals surface area contributed by atoms with Crippen LogP contribution in [0.5, 0.6) is 5.75 Å². The van der Waals surface area contributed by atoms with Crippen molar-refractivity contribution in [1.82, 2.24) is 14.7 Å². The fraction of sp³-hybridized carbons (Fsp3) is 0.250. The molecule has 2 heterocycles. The molecule has 2 amide bonds. The lowest BCUT2D eigenvalue weighted by atomic mass is 10.3. The van der Waals surface area contributed by atoms with E-state index in [9.17, 15) is 13.2 Å². The number of pyridine rings is 1. The Morgan fingerprint density at radius 2 is 1.94 bits per heavy atom. The Morgan fingerprint density at radius 1 is 1.19 bits per heavy atom. The highest BCUT2D eigenvalue weighted by atomic mass is 32.2. The second-order valence-corrected chi connectivity index (χ2v) is 9.40. The first-order chi connectivity index (χ1) is 14.8. The normalized spacial score (nSPS) is 11.2. The van der Waals surface area contributed by atoms with Crippen molar-refractivity contribution >= 4 is 38.2 Å². The molecule has 0 atom stereocenters. The van der Waals surface area contributed by atoms with E-state index in [2.05, 4.69) is 20.0 Å². The van der Waals surface area contributed by atoms with Crippen molar-refractivity contribution in [1.29, 1.82) is 0 Å². The average molecular weight is 462 g/mol. The molecule has 0 fully saturated rings. The fourth-order valence-corrected chi connectivity index (χ4v) is 5.10. The number of hydrogen-bond donors (Lipinski definition) is 2. The van der Waals surface area contributed by atoms with Crippen LogP contribution in [-0.4, -0.2) is 38.1 Å². The zero-order valence-electron chi connectivity index (χ0n) is 17.3. The van der Waals surface area contributed by atoms with Crippen LogP contribution in [0.2, 0.25) is 0 Å². The maximum Gasteiger partial charge on any atom is 0.327 e. The molecule has 31 heavy (non-hydrogen) atoms. The summed E-state index contributed by atoms with van der Waals surface area (Å²) in [6.07, 6.45) is 1.59. The zero-order valence-corrected chi connectivity index (χ0v) is 19.0. The van der Waals surface area contributed by atoms with E-state index in [-0.39, 0.29) is 15.9 Å². The number of urea groups is 1. The van der Waals surface area contributed by atoms with Gasteiger partial charge in [-0.05, 0) is 50.2 Å². The quantitative estimate of drug-likeness (QED) is 0.532. The van der Waals surface area contributed by atoms with Crippen LogP contribution in [0.25, 0.3) is 0 Å². The van der Waals surface area contributed by atoms with Gasteiger partial charge in [0.1, 0.15) is 5.75 Å². The van der Waals surface area contributed by atoms with Crippen molar-refractivity contribution in [3.8, 4) is 5.75 Å². The number of rotatable bonds is 8. The Bertz CT molecular complexity index is 1130. The molecule has 11 heteroatoms. The van der Waals surface area contributed by atoms with Crippen LogP contribution in [0.4, 0.5) is 15.6 Å². The molecule has 1 aromatic carbocycles. The molecule has 0 saturated heterocycles. The summed E-state index contributed by atoms with van der Waals surface area (Å²) < 4.78 is 33.4. The van der Waals surface area contributed by atoms with Crippen LogP contribution in [0.15, 0.2) is 52.9 Å². The summed E-state index contributed by atoms with van der Waals surface area (Å²) in [4.78, 5) is 22.2. The Morgan fingerprint density at radius 3 is 2.58 bits per heavy atom. The number of sulfonamides is 1. The van der Waals surface area contributed by atoms with Crippen molar-refractivity contribution in [2.75, 3.05) is 23.9 Å². The molecule has 0 aliphatic carbocycles. The molecule has 9 nitrogen and oxygen atoms in total. The number of aryl methyl sites for hydroxylation is 1. The van der Waals surface area contributed by atoms with Gasteiger partial charge in [-0.3, -0.25) is 9.88 Å². The van der Waals surface area contributed by atoms with E-state index in [0.29, 0.717) is 29.4 Å². The Balaban J connectivity index is 1.69. The molecule has 3 aromatic rings. The van der Waals surface area contributed by atoms with Gasteiger partial charge in [-0.25, -0.2) is 22.9 Å². The first-order valence-electron chi connectivity index (χ1n) is 9.44. The Kier molecular flexibility index (Phi) is 7.21. The molecule has 2 aromatic heterocycles. The smallest absolute Gasteiger partial charge is 0.327 e. The standard InChI is InChI=1S/C20H23N5O4S2/c1-4-29-17-10-8-15(9-11-17)24-19(26)25(3)20-23-14(2)18(30-20)31(27,28)22-13-16-7-5-6-12-21-16/h5-12,22H,4,13H2,1-3H3,(H,24,26). The molecule has 2 N–H and O–H groups in total. The number of hydrogen-bond acceptors (Lipinski definition) is 7. The molecule has 0 bridgehead atoms. The molecular weight excluding hydrogens is 438 g/mol. The molecular formula is C20H23N5O4S2. The lowest BCUT2D eigenvalue weighted by Gasteiger charge is -2.15. The van der Waals surface area contributed by atoms with Gasteiger partial charge in [0.25, 0.3) is 10.0 Å². The second-order valence-electron chi connectivity index (χ2n) is 6.46. The summed E-state index contributed by atoms with van der Waals surface area (Å²) in [6.45, 7) is 4.10. The van der Waals surface area contributed by atoms with Crippen LogP contribution < -0.4 is 19.7 Å². The van der Waals surface area contributed by atoms with E-state index in [1.807, 2.05) is 6.92 Å². The number of amides is 2. The van der Waals surface area contributed by atoms with Crippen molar-refractivity contribution in [3.63, 3.8) is 0 Å². The van der Waals surface area contributed by atoms with Crippen LogP contribution >= 0.6 is 11.3 Å². The Labute approximate surface area is 185 Å². The maximum atomic E-state index is 12.7. The largest absolute Gasteiger partial charge is 0.494 e. The zero-order chi connectivity index (χ0) is 22.4. The van der Waals surface area contributed by atoms with Gasteiger partial charge in [-0.15, -0.1) is 0 Å². The molecule has 0 spiro atoms. The van der Waals surface area contributed by atoms with E-state index >= 15 is 0 Å². The highest BCUT2D eigenvalue weighted by Gasteiger charge is 2.25. The maximum absolute atomic E-state index is 12.7. The lowest BCUT2D eigenvalue weighted by molar-refractivity contribution is 0.258. The third-order valence-electron chi connectivity index (χ3n) is 4.16. The number of ether oxygens (including phenoxy) is 1. The van der Waals surface area contributed by atoms with Crippen LogP contribution in [0, 0.1) is 6.92 Å². The second kappa shape index (κ2) is 9.86. The summed E-state index contributed by atoms with van der Waals surface area (Å²) >= 11 is 0.921. The number of aromatic nitrogens is 2. The predicted octanol–water partition coefficient (Wildman–Crippen LogP) is 3.39. The van der Waals surface area contributed by atoms with Crippen LogP contribution in [0.1, 0.15) is 18.3 Å². The molecule has 3 rings (SSSR count). The van der Waals surface area contributed by atoms with Crippen molar-refractivity contribution in [2.45, 2.75) is 24.6 Å². The predicted molar refractivity (Wildman–Crippen MR) is 120 cm³/mol.